The van der Waals surface area contributed by atoms with E-state index in [0.29, 0.717) is 32.1 Å². The van der Waals surface area contributed by atoms with Gasteiger partial charge in [0.1, 0.15) is 19.3 Å². The lowest BCUT2D eigenvalue weighted by Gasteiger charge is -2.21. The Kier molecular flexibility index (Phi) is 64.9. The van der Waals surface area contributed by atoms with Gasteiger partial charge in [-0.25, -0.2) is 9.13 Å². The van der Waals surface area contributed by atoms with Gasteiger partial charge in [-0.2, -0.15) is 0 Å². The highest BCUT2D eigenvalue weighted by Crippen LogP contribution is 2.45. The summed E-state index contributed by atoms with van der Waals surface area (Å²) in [6.07, 6.45) is 76.0. The van der Waals surface area contributed by atoms with Crippen LogP contribution in [0.15, 0.2) is 146 Å². The number of unbranched alkanes of at least 4 members (excludes halogenated alkanes) is 17. The van der Waals surface area contributed by atoms with E-state index in [0.717, 1.165) is 148 Å². The molecule has 0 fully saturated rings. The summed E-state index contributed by atoms with van der Waals surface area (Å²) in [5.74, 6) is -2.41. The summed E-state index contributed by atoms with van der Waals surface area (Å²) in [4.78, 5) is 72.6. The van der Waals surface area contributed by atoms with Crippen molar-refractivity contribution in [3.05, 3.63) is 146 Å². The number of esters is 4. The number of phosphoric acid groups is 2. The third-order valence-corrected chi connectivity index (χ3v) is 16.2. The molecule has 0 aromatic carbocycles. The summed E-state index contributed by atoms with van der Waals surface area (Å²) in [6, 6.07) is 0. The Labute approximate surface area is 579 Å². The van der Waals surface area contributed by atoms with Gasteiger partial charge in [0, 0.05) is 19.3 Å². The second-order valence-electron chi connectivity index (χ2n) is 23.4. The van der Waals surface area contributed by atoms with E-state index >= 15 is 0 Å². The van der Waals surface area contributed by atoms with Gasteiger partial charge >= 0.3 is 39.5 Å². The Morgan fingerprint density at radius 3 is 1.00 bits per heavy atom. The van der Waals surface area contributed by atoms with Crippen molar-refractivity contribution in [1.29, 1.82) is 0 Å². The number of carbonyl (C=O) groups is 4. The number of carbonyl (C=O) groups excluding carboxylic acids is 4. The lowest BCUT2D eigenvalue weighted by atomic mass is 10.1. The molecule has 0 aliphatic carbocycles. The minimum atomic E-state index is -5.01. The zero-order valence-electron chi connectivity index (χ0n) is 59.2. The van der Waals surface area contributed by atoms with Gasteiger partial charge in [-0.3, -0.25) is 37.3 Å². The number of aliphatic hydroxyl groups is 1. The normalized spacial score (nSPS) is 14.9. The standard InChI is InChI=1S/C77H126O17P2/c1-5-9-13-17-21-25-29-33-35-39-42-46-50-54-58-62-75(80)88-68-73(94-77(82)64-60-56-52-48-44-40-36-34-30-26-22-18-14-10-6-2)70-92-96(85,86)90-66-71(78)65-89-95(83,84)91-69-72(93-76(81)63-59-55-51-47-43-38-32-28-24-20-16-12-8-4)67-87-74(79)61-57-53-49-45-41-37-31-27-23-19-15-11-7-3/h9-10,13-15,19,21-22,25-28,31-36,42,44,46,48,54,58,71-73,78H,5-8,11-12,16-18,20,23-24,29-30,37-41,43,45,47,49-53,55-57,59-70H2,1-4H3,(H,83,84)(H,85,86)/b13-9-,14-10-,19-15-,25-21-,26-22-,31-27-,32-28-,35-33-,36-34-,46-42-,48-44-,58-54-. The maximum atomic E-state index is 13.0. The number of rotatable bonds is 66. The molecule has 0 spiro atoms. The van der Waals surface area contributed by atoms with Gasteiger partial charge in [-0.1, -0.05) is 238 Å². The summed E-state index contributed by atoms with van der Waals surface area (Å²) >= 11 is 0. The van der Waals surface area contributed by atoms with Crippen molar-refractivity contribution in [3.63, 3.8) is 0 Å². The van der Waals surface area contributed by atoms with E-state index in [1.165, 1.54) is 25.7 Å². The minimum absolute atomic E-state index is 0.0183. The molecule has 0 aliphatic heterocycles. The molecular weight excluding hydrogens is 1260 g/mol. The van der Waals surface area contributed by atoms with Gasteiger partial charge in [0.25, 0.3) is 0 Å². The van der Waals surface area contributed by atoms with Crippen molar-refractivity contribution in [3.8, 4) is 0 Å². The molecule has 0 aromatic heterocycles. The van der Waals surface area contributed by atoms with Crippen molar-refractivity contribution in [2.75, 3.05) is 39.6 Å². The molecule has 17 nitrogen and oxygen atoms in total. The number of ether oxygens (including phenoxy) is 4. The third-order valence-electron chi connectivity index (χ3n) is 14.3. The first-order valence-corrected chi connectivity index (χ1v) is 39.1. The summed E-state index contributed by atoms with van der Waals surface area (Å²) in [6.45, 7) is 4.33. The van der Waals surface area contributed by atoms with Gasteiger partial charge in [0.2, 0.25) is 0 Å². The third kappa shape index (κ3) is 67.5. The second-order valence-corrected chi connectivity index (χ2v) is 26.3. The first kappa shape index (κ1) is 90.9. The Bertz CT molecular complexity index is 2400. The largest absolute Gasteiger partial charge is 0.472 e. The topological polar surface area (TPSA) is 237 Å². The zero-order chi connectivity index (χ0) is 70.4. The number of hydrogen-bond acceptors (Lipinski definition) is 15. The molecule has 3 N–H and O–H groups in total. The summed E-state index contributed by atoms with van der Waals surface area (Å²) in [5, 5.41) is 10.6. The first-order valence-electron chi connectivity index (χ1n) is 36.1. The Balaban J connectivity index is 5.48. The highest BCUT2D eigenvalue weighted by Gasteiger charge is 2.30. The van der Waals surface area contributed by atoms with E-state index < -0.39 is 97.5 Å². The van der Waals surface area contributed by atoms with Crippen LogP contribution < -0.4 is 0 Å². The molecule has 0 rings (SSSR count). The van der Waals surface area contributed by atoms with E-state index in [4.69, 9.17) is 37.0 Å². The fraction of sp³-hybridized carbons (Fsp3) is 0.636. The Morgan fingerprint density at radius 2 is 0.604 bits per heavy atom. The Morgan fingerprint density at radius 1 is 0.312 bits per heavy atom. The summed E-state index contributed by atoms with van der Waals surface area (Å²) in [7, 11) is -9.99. The second kappa shape index (κ2) is 68.5. The number of aliphatic hydroxyl groups excluding tert-OH is 1. The highest BCUT2D eigenvalue weighted by molar-refractivity contribution is 7.47. The molecule has 5 atom stereocenters. The number of phosphoric ester groups is 2. The predicted molar refractivity (Wildman–Crippen MR) is 390 cm³/mol. The first-order chi connectivity index (χ1) is 46.7. The average Bonchev–Trinajstić information content (AvgIpc) is 1.36. The lowest BCUT2D eigenvalue weighted by Crippen LogP contribution is -2.30. The predicted octanol–water partition coefficient (Wildman–Crippen LogP) is 20.3. The molecular formula is C77H126O17P2. The molecule has 546 valence electrons. The van der Waals surface area contributed by atoms with Crippen molar-refractivity contribution in [1.82, 2.24) is 0 Å². The van der Waals surface area contributed by atoms with Crippen molar-refractivity contribution in [2.45, 2.75) is 277 Å². The smallest absolute Gasteiger partial charge is 0.462 e. The van der Waals surface area contributed by atoms with Crippen LogP contribution >= 0.6 is 15.6 Å². The monoisotopic (exact) mass is 1380 g/mol. The molecule has 0 saturated heterocycles. The summed E-state index contributed by atoms with van der Waals surface area (Å²) in [5.41, 5.74) is 0. The molecule has 0 aliphatic rings. The maximum Gasteiger partial charge on any atom is 0.472 e. The molecule has 5 unspecified atom stereocenters. The molecule has 0 amide bonds. The number of hydrogen-bond donors (Lipinski definition) is 3. The minimum Gasteiger partial charge on any atom is -0.462 e. The van der Waals surface area contributed by atoms with Crippen LogP contribution in [0.3, 0.4) is 0 Å². The fourth-order valence-corrected chi connectivity index (χ4v) is 10.4. The van der Waals surface area contributed by atoms with E-state index in [2.05, 4.69) is 143 Å². The van der Waals surface area contributed by atoms with Gasteiger partial charge in [-0.15, -0.1) is 0 Å². The maximum absolute atomic E-state index is 13.0. The van der Waals surface area contributed by atoms with E-state index in [1.807, 2.05) is 24.3 Å². The van der Waals surface area contributed by atoms with Gasteiger partial charge < -0.3 is 33.8 Å². The van der Waals surface area contributed by atoms with Gasteiger partial charge in [0.15, 0.2) is 12.2 Å². The molecule has 0 radical (unpaired) electrons. The van der Waals surface area contributed by atoms with Crippen LogP contribution in [0.25, 0.3) is 0 Å². The molecule has 96 heavy (non-hydrogen) atoms. The van der Waals surface area contributed by atoms with Crippen molar-refractivity contribution < 1.29 is 80.2 Å². The van der Waals surface area contributed by atoms with E-state index in [1.54, 1.807) is 6.08 Å². The van der Waals surface area contributed by atoms with Crippen LogP contribution in [0, 0.1) is 0 Å². The van der Waals surface area contributed by atoms with Crippen LogP contribution in [-0.4, -0.2) is 96.7 Å². The quantitative estimate of drug-likeness (QED) is 0.0169. The number of allylic oxidation sites excluding steroid dienone is 23. The molecule has 0 bridgehead atoms. The summed E-state index contributed by atoms with van der Waals surface area (Å²) < 4.78 is 68.1. The van der Waals surface area contributed by atoms with Crippen molar-refractivity contribution in [2.24, 2.45) is 0 Å². The fourth-order valence-electron chi connectivity index (χ4n) is 8.84. The van der Waals surface area contributed by atoms with E-state index in [-0.39, 0.29) is 25.7 Å². The van der Waals surface area contributed by atoms with Crippen molar-refractivity contribution >= 4 is 39.5 Å². The van der Waals surface area contributed by atoms with E-state index in [9.17, 15) is 43.2 Å². The van der Waals surface area contributed by atoms with Crippen LogP contribution in [0.2, 0.25) is 0 Å². The zero-order valence-corrected chi connectivity index (χ0v) is 61.0. The SMILES string of the molecule is CC/C=C\C/C=C\C/C=C\C/C=C\C/C=C\CC(=O)OCC(COP(=O)(O)OCC(O)COP(=O)(O)OCC(COC(=O)CCCCCCC/C=C\C/C=C\CCC)OC(=O)CCCCCCC/C=C\CCCCCC)OC(=O)CCCC/C=C\C/C=C\C/C=C\C/C=C\CC. The Hall–Kier alpha value is -5.06. The van der Waals surface area contributed by atoms with Crippen LogP contribution in [0.1, 0.15) is 259 Å². The molecule has 0 heterocycles. The van der Waals surface area contributed by atoms with Crippen LogP contribution in [-0.2, 0) is 65.4 Å². The van der Waals surface area contributed by atoms with Gasteiger partial charge in [0.05, 0.1) is 32.8 Å². The molecule has 0 aromatic rings. The average molecular weight is 1390 g/mol. The lowest BCUT2D eigenvalue weighted by molar-refractivity contribution is -0.161. The van der Waals surface area contributed by atoms with Crippen LogP contribution in [0.5, 0.6) is 0 Å². The van der Waals surface area contributed by atoms with Gasteiger partial charge in [-0.05, 0) is 141 Å². The molecule has 0 saturated carbocycles. The molecule has 19 heteroatoms. The van der Waals surface area contributed by atoms with Crippen LogP contribution in [0.4, 0.5) is 0 Å². The highest BCUT2D eigenvalue weighted by atomic mass is 31.2.